The highest BCUT2D eigenvalue weighted by molar-refractivity contribution is 6.35. The molecule has 1 saturated heterocycles. The number of rotatable bonds is 5. The zero-order valence-corrected chi connectivity index (χ0v) is 16.5. The van der Waals surface area contributed by atoms with E-state index in [9.17, 15) is 0 Å². The molecule has 2 aromatic heterocycles. The summed E-state index contributed by atoms with van der Waals surface area (Å²) in [6, 6.07) is 9.32. The molecule has 1 aliphatic heterocycles. The Bertz CT molecular complexity index is 993. The Kier molecular flexibility index (Phi) is 4.26. The second-order valence-corrected chi connectivity index (χ2v) is 8.35. The van der Waals surface area contributed by atoms with Crippen LogP contribution in [-0.4, -0.2) is 39.1 Å². The number of likely N-dealkylation sites (tertiary alicyclic amines) is 1. The summed E-state index contributed by atoms with van der Waals surface area (Å²) >= 11 is 12.1. The van der Waals surface area contributed by atoms with Crippen LogP contribution in [0.1, 0.15) is 5.82 Å². The van der Waals surface area contributed by atoms with Crippen molar-refractivity contribution in [2.75, 3.05) is 19.7 Å². The summed E-state index contributed by atoms with van der Waals surface area (Å²) < 4.78 is 8.03. The predicted molar refractivity (Wildman–Crippen MR) is 106 cm³/mol. The van der Waals surface area contributed by atoms with Crippen LogP contribution in [0.4, 0.5) is 0 Å². The van der Waals surface area contributed by atoms with Crippen molar-refractivity contribution in [2.24, 2.45) is 24.8 Å². The van der Waals surface area contributed by atoms with E-state index in [1.165, 1.54) is 0 Å². The largest absolute Gasteiger partial charge is 0.492 e. The van der Waals surface area contributed by atoms with Gasteiger partial charge in [-0.25, -0.2) is 9.97 Å². The summed E-state index contributed by atoms with van der Waals surface area (Å²) in [5.41, 5.74) is 1.91. The number of nitrogens with zero attached hydrogens (tertiary/aromatic N) is 4. The Morgan fingerprint density at radius 2 is 2.00 bits per heavy atom. The lowest BCUT2D eigenvalue weighted by Gasteiger charge is -2.19. The lowest BCUT2D eigenvalue weighted by Crippen LogP contribution is -2.26. The summed E-state index contributed by atoms with van der Waals surface area (Å²) in [6.45, 7) is 3.80. The molecule has 0 bridgehead atoms. The molecule has 3 aromatic rings. The molecule has 2 fully saturated rings. The van der Waals surface area contributed by atoms with Gasteiger partial charge in [0.05, 0.1) is 18.2 Å². The zero-order chi connectivity index (χ0) is 18.5. The van der Waals surface area contributed by atoms with E-state index >= 15 is 0 Å². The van der Waals surface area contributed by atoms with Crippen molar-refractivity contribution in [2.45, 2.75) is 6.54 Å². The minimum Gasteiger partial charge on any atom is -0.492 e. The van der Waals surface area contributed by atoms with E-state index in [1.54, 1.807) is 6.07 Å². The predicted octanol–water partition coefficient (Wildman–Crippen LogP) is 4.03. The first-order valence-corrected chi connectivity index (χ1v) is 9.92. The number of halogens is 2. The quantitative estimate of drug-likeness (QED) is 0.645. The number of aromatic nitrogens is 3. The second-order valence-electron chi connectivity index (χ2n) is 7.50. The van der Waals surface area contributed by atoms with Crippen molar-refractivity contribution in [3.63, 3.8) is 0 Å². The lowest BCUT2D eigenvalue weighted by atomic mass is 10.2. The number of ether oxygens (including phenoxy) is 1. The zero-order valence-electron chi connectivity index (χ0n) is 15.0. The highest BCUT2D eigenvalue weighted by atomic mass is 35.5. The van der Waals surface area contributed by atoms with Gasteiger partial charge in [-0.15, -0.1) is 0 Å². The van der Waals surface area contributed by atoms with Gasteiger partial charge in [0.15, 0.2) is 5.65 Å². The molecule has 27 heavy (non-hydrogen) atoms. The van der Waals surface area contributed by atoms with Gasteiger partial charge in [0.1, 0.15) is 17.1 Å². The number of piperidine rings is 1. The maximum absolute atomic E-state index is 6.18. The smallest absolute Gasteiger partial charge is 0.159 e. The van der Waals surface area contributed by atoms with Gasteiger partial charge in [0.2, 0.25) is 0 Å². The van der Waals surface area contributed by atoms with Gasteiger partial charge in [0.25, 0.3) is 0 Å². The van der Waals surface area contributed by atoms with Crippen molar-refractivity contribution in [3.05, 3.63) is 52.4 Å². The average molecular weight is 403 g/mol. The monoisotopic (exact) mass is 402 g/mol. The van der Waals surface area contributed by atoms with Gasteiger partial charge in [-0.2, -0.15) is 0 Å². The maximum Gasteiger partial charge on any atom is 0.159 e. The van der Waals surface area contributed by atoms with E-state index < -0.39 is 0 Å². The van der Waals surface area contributed by atoms with Gasteiger partial charge in [0, 0.05) is 37.3 Å². The topological polar surface area (TPSA) is 43.2 Å². The molecule has 1 saturated carbocycles. The van der Waals surface area contributed by atoms with Crippen LogP contribution in [0.15, 0.2) is 36.5 Å². The third-order valence-electron chi connectivity index (χ3n) is 5.86. The molecule has 0 N–H and O–H groups in total. The van der Waals surface area contributed by atoms with Gasteiger partial charge >= 0.3 is 0 Å². The molecule has 7 heteroatoms. The molecule has 1 unspecified atom stereocenters. The number of imidazole rings is 1. The van der Waals surface area contributed by atoms with Crippen LogP contribution in [0.2, 0.25) is 10.0 Å². The van der Waals surface area contributed by atoms with Crippen LogP contribution in [0.5, 0.6) is 5.75 Å². The average Bonchev–Trinajstić information content (AvgIpc) is 2.98. The fourth-order valence-electron chi connectivity index (χ4n) is 4.30. The van der Waals surface area contributed by atoms with E-state index in [0.717, 1.165) is 49.0 Å². The molecule has 3 heterocycles. The number of fused-ring (bicyclic) bond motifs is 2. The van der Waals surface area contributed by atoms with Gasteiger partial charge in [-0.1, -0.05) is 23.2 Å². The summed E-state index contributed by atoms with van der Waals surface area (Å²) in [4.78, 5) is 11.6. The van der Waals surface area contributed by atoms with E-state index in [1.807, 2.05) is 37.5 Å². The minimum atomic E-state index is 0.574. The number of hydrogen-bond acceptors (Lipinski definition) is 4. The van der Waals surface area contributed by atoms with Crippen molar-refractivity contribution < 1.29 is 4.74 Å². The Hall–Kier alpha value is -1.82. The van der Waals surface area contributed by atoms with Crippen LogP contribution in [0, 0.1) is 17.8 Å². The molecule has 140 valence electrons. The first-order chi connectivity index (χ1) is 13.1. The van der Waals surface area contributed by atoms with Gasteiger partial charge < -0.3 is 9.30 Å². The van der Waals surface area contributed by atoms with Crippen molar-refractivity contribution in [1.29, 1.82) is 0 Å². The summed E-state index contributed by atoms with van der Waals surface area (Å²) in [5, 5.41) is 1.20. The number of pyridine rings is 1. The third-order valence-corrected chi connectivity index (χ3v) is 6.39. The first-order valence-electron chi connectivity index (χ1n) is 9.16. The summed E-state index contributed by atoms with van der Waals surface area (Å²) in [7, 11) is 2.04. The number of hydrogen-bond donors (Lipinski definition) is 0. The minimum absolute atomic E-state index is 0.574. The standard InChI is InChI=1S/C20H20Cl2N4O/c1-25-19(24-17-3-2-6-23-20(17)25)10-26-8-13-14(9-26)15(13)11-27-18-5-4-12(21)7-16(18)22/h2-7,13-15H,8-11H2,1H3/t13-,14+,15?. The molecule has 1 aromatic carbocycles. The molecule has 5 nitrogen and oxygen atoms in total. The normalized spacial score (nSPS) is 24.3. The van der Waals surface area contributed by atoms with Crippen molar-refractivity contribution >= 4 is 34.4 Å². The van der Waals surface area contributed by atoms with Crippen LogP contribution in [0.25, 0.3) is 11.2 Å². The van der Waals surface area contributed by atoms with E-state index in [2.05, 4.69) is 14.5 Å². The molecule has 0 amide bonds. The van der Waals surface area contributed by atoms with Crippen LogP contribution in [-0.2, 0) is 13.6 Å². The summed E-state index contributed by atoms with van der Waals surface area (Å²) in [6.07, 6.45) is 1.82. The van der Waals surface area contributed by atoms with Crippen LogP contribution >= 0.6 is 23.2 Å². The Morgan fingerprint density at radius 3 is 2.74 bits per heavy atom. The van der Waals surface area contributed by atoms with Crippen LogP contribution < -0.4 is 4.74 Å². The third kappa shape index (κ3) is 3.18. The maximum atomic E-state index is 6.18. The van der Waals surface area contributed by atoms with Gasteiger partial charge in [-0.3, -0.25) is 4.90 Å². The van der Waals surface area contributed by atoms with Crippen molar-refractivity contribution in [1.82, 2.24) is 19.4 Å². The first kappa shape index (κ1) is 17.3. The lowest BCUT2D eigenvalue weighted by molar-refractivity contribution is 0.226. The fourth-order valence-corrected chi connectivity index (χ4v) is 4.77. The van der Waals surface area contributed by atoms with Crippen molar-refractivity contribution in [3.8, 4) is 5.75 Å². The van der Waals surface area contributed by atoms with Gasteiger partial charge in [-0.05, 0) is 42.2 Å². The SMILES string of the molecule is Cn1c(CN2C[C@@H]3C(COc4ccc(Cl)cc4Cl)[C@@H]3C2)nc2cccnc21. The highest BCUT2D eigenvalue weighted by Crippen LogP contribution is 2.52. The molecule has 0 spiro atoms. The van der Waals surface area contributed by atoms with Crippen LogP contribution in [0.3, 0.4) is 0 Å². The van der Waals surface area contributed by atoms with E-state index in [-0.39, 0.29) is 0 Å². The molecule has 0 radical (unpaired) electrons. The molecule has 1 aliphatic carbocycles. The fraction of sp³-hybridized carbons (Fsp3) is 0.400. The summed E-state index contributed by atoms with van der Waals surface area (Å²) in [5.74, 6) is 3.84. The highest BCUT2D eigenvalue weighted by Gasteiger charge is 2.55. The van der Waals surface area contributed by atoms with E-state index in [4.69, 9.17) is 32.9 Å². The molecule has 5 rings (SSSR count). The Morgan fingerprint density at radius 1 is 1.19 bits per heavy atom. The molecule has 2 aliphatic rings. The molecular weight excluding hydrogens is 383 g/mol. The second kappa shape index (κ2) is 6.66. The molecular formula is C20H20Cl2N4O. The number of benzene rings is 1. The Labute approximate surface area is 167 Å². The Balaban J connectivity index is 1.17. The number of aryl methyl sites for hydroxylation is 1. The molecule has 3 atom stereocenters. The van der Waals surface area contributed by atoms with E-state index in [0.29, 0.717) is 27.8 Å².